The number of nitrogens with zero attached hydrogens (tertiary/aromatic N) is 1. The molecule has 1 fully saturated rings. The Kier molecular flexibility index (Phi) is 5.06. The van der Waals surface area contributed by atoms with E-state index in [9.17, 15) is 8.42 Å². The monoisotopic (exact) mass is 350 g/mol. The van der Waals surface area contributed by atoms with Crippen LogP contribution in [0.2, 0.25) is 0 Å². The van der Waals surface area contributed by atoms with Gasteiger partial charge in [-0.3, -0.25) is 4.98 Å². The largest absolute Gasteiger partial charge is 0.262 e. The molecule has 0 amide bonds. The van der Waals surface area contributed by atoms with Crippen molar-refractivity contribution < 1.29 is 8.42 Å². The van der Waals surface area contributed by atoms with Gasteiger partial charge >= 0.3 is 0 Å². The molecule has 2 rings (SSSR count). The van der Waals surface area contributed by atoms with E-state index in [2.05, 4.69) is 25.6 Å². The quantitative estimate of drug-likeness (QED) is 0.905. The summed E-state index contributed by atoms with van der Waals surface area (Å²) in [5.74, 6) is 1.13. The average Bonchev–Trinajstić information content (AvgIpc) is 2.38. The summed E-state index contributed by atoms with van der Waals surface area (Å²) in [5.41, 5.74) is 0. The number of halogens is 1. The summed E-state index contributed by atoms with van der Waals surface area (Å²) in [6.07, 6.45) is 6.45. The van der Waals surface area contributed by atoms with Gasteiger partial charge in [-0.05, 0) is 40.6 Å². The summed E-state index contributed by atoms with van der Waals surface area (Å²) >= 11 is 5.07. The van der Waals surface area contributed by atoms with Gasteiger partial charge in [0.15, 0.2) is 0 Å². The lowest BCUT2D eigenvalue weighted by Crippen LogP contribution is -2.32. The summed E-state index contributed by atoms with van der Waals surface area (Å²) in [5, 5.41) is 0.397. The molecule has 0 aliphatic carbocycles. The highest BCUT2D eigenvalue weighted by molar-refractivity contribution is 9.10. The van der Waals surface area contributed by atoms with E-state index in [-0.39, 0.29) is 4.90 Å². The summed E-state index contributed by atoms with van der Waals surface area (Å²) in [6, 6.07) is 1.56. The van der Waals surface area contributed by atoms with Crippen LogP contribution in [0.15, 0.2) is 27.8 Å². The van der Waals surface area contributed by atoms with Crippen molar-refractivity contribution in [3.63, 3.8) is 0 Å². The summed E-state index contributed by atoms with van der Waals surface area (Å²) in [6.45, 7) is 0.500. The molecule has 1 aromatic heterocycles. The second kappa shape index (κ2) is 6.36. The zero-order valence-corrected chi connectivity index (χ0v) is 13.0. The van der Waals surface area contributed by atoms with Gasteiger partial charge in [-0.2, -0.15) is 11.8 Å². The minimum Gasteiger partial charge on any atom is -0.262 e. The number of nitrogens with one attached hydrogen (secondary N) is 1. The van der Waals surface area contributed by atoms with Crippen molar-refractivity contribution in [1.29, 1.82) is 0 Å². The van der Waals surface area contributed by atoms with Gasteiger partial charge < -0.3 is 0 Å². The van der Waals surface area contributed by atoms with E-state index < -0.39 is 10.0 Å². The number of pyridine rings is 1. The van der Waals surface area contributed by atoms with Gasteiger partial charge in [-0.15, -0.1) is 0 Å². The third kappa shape index (κ3) is 3.94. The molecular formula is C11H15BrN2O2S2. The molecular weight excluding hydrogens is 336 g/mol. The van der Waals surface area contributed by atoms with Crippen LogP contribution in [0.5, 0.6) is 0 Å². The van der Waals surface area contributed by atoms with E-state index in [4.69, 9.17) is 0 Å². The minimum absolute atomic E-state index is 0.206. The SMILES string of the molecule is O=S(=O)(NCC1CCCCS1)c1cncc(Br)c1. The lowest BCUT2D eigenvalue weighted by molar-refractivity contribution is 0.573. The van der Waals surface area contributed by atoms with Crippen molar-refractivity contribution in [2.45, 2.75) is 29.4 Å². The Labute approximate surface area is 120 Å². The standard InChI is InChI=1S/C11H15BrN2O2S2/c12-9-5-11(8-13-6-9)18(15,16)14-7-10-3-1-2-4-17-10/h5-6,8,10,14H,1-4,7H2. The van der Waals surface area contributed by atoms with Gasteiger partial charge in [0.2, 0.25) is 10.0 Å². The fourth-order valence-electron chi connectivity index (χ4n) is 1.79. The fraction of sp³-hybridized carbons (Fsp3) is 0.545. The molecule has 0 saturated carbocycles. The normalized spacial score (nSPS) is 20.8. The molecule has 1 atom stereocenters. The molecule has 7 heteroatoms. The van der Waals surface area contributed by atoms with E-state index in [1.807, 2.05) is 11.8 Å². The van der Waals surface area contributed by atoms with Crippen LogP contribution in [-0.2, 0) is 10.0 Å². The second-order valence-corrected chi connectivity index (χ2v) is 8.27. The van der Waals surface area contributed by atoms with Crippen molar-refractivity contribution in [3.05, 3.63) is 22.9 Å². The number of hydrogen-bond donors (Lipinski definition) is 1. The maximum Gasteiger partial charge on any atom is 0.242 e. The Morgan fingerprint density at radius 2 is 2.28 bits per heavy atom. The molecule has 1 unspecified atom stereocenters. The van der Waals surface area contributed by atoms with Crippen molar-refractivity contribution in [1.82, 2.24) is 9.71 Å². The van der Waals surface area contributed by atoms with Crippen molar-refractivity contribution >= 4 is 37.7 Å². The first-order valence-corrected chi connectivity index (χ1v) is 9.12. The number of rotatable bonds is 4. The zero-order valence-electron chi connectivity index (χ0n) is 9.80. The van der Waals surface area contributed by atoms with Gasteiger partial charge in [0.05, 0.1) is 0 Å². The van der Waals surface area contributed by atoms with Crippen LogP contribution >= 0.6 is 27.7 Å². The lowest BCUT2D eigenvalue weighted by Gasteiger charge is -2.21. The van der Waals surface area contributed by atoms with Crippen LogP contribution < -0.4 is 4.72 Å². The Morgan fingerprint density at radius 1 is 1.44 bits per heavy atom. The van der Waals surface area contributed by atoms with Crippen LogP contribution in [0.4, 0.5) is 0 Å². The molecule has 2 heterocycles. The number of thioether (sulfide) groups is 1. The van der Waals surface area contributed by atoms with Crippen LogP contribution in [0.1, 0.15) is 19.3 Å². The highest BCUT2D eigenvalue weighted by Gasteiger charge is 2.19. The molecule has 0 spiro atoms. The first-order valence-electron chi connectivity index (χ1n) is 5.80. The minimum atomic E-state index is -3.44. The molecule has 1 aliphatic rings. The van der Waals surface area contributed by atoms with E-state index >= 15 is 0 Å². The van der Waals surface area contributed by atoms with Crippen molar-refractivity contribution in [2.24, 2.45) is 0 Å². The van der Waals surface area contributed by atoms with E-state index in [1.165, 1.54) is 19.0 Å². The van der Waals surface area contributed by atoms with Crippen LogP contribution in [-0.4, -0.2) is 30.9 Å². The predicted octanol–water partition coefficient (Wildman–Crippen LogP) is 2.41. The van der Waals surface area contributed by atoms with Crippen molar-refractivity contribution in [3.8, 4) is 0 Å². The van der Waals surface area contributed by atoms with Gasteiger partial charge in [0.25, 0.3) is 0 Å². The van der Waals surface area contributed by atoms with E-state index in [1.54, 1.807) is 12.3 Å². The Bertz CT molecular complexity index is 502. The third-order valence-electron chi connectivity index (χ3n) is 2.77. The molecule has 18 heavy (non-hydrogen) atoms. The fourth-order valence-corrected chi connectivity index (χ4v) is 4.72. The Balaban J connectivity index is 1.98. The van der Waals surface area contributed by atoms with Gasteiger partial charge in [-0.1, -0.05) is 6.42 Å². The van der Waals surface area contributed by atoms with E-state index in [0.717, 1.165) is 12.2 Å². The zero-order chi connectivity index (χ0) is 13.0. The van der Waals surface area contributed by atoms with Crippen LogP contribution in [0.25, 0.3) is 0 Å². The maximum absolute atomic E-state index is 12.0. The topological polar surface area (TPSA) is 59.1 Å². The number of hydrogen-bond acceptors (Lipinski definition) is 4. The molecule has 4 nitrogen and oxygen atoms in total. The second-order valence-electron chi connectivity index (χ2n) is 4.18. The maximum atomic E-state index is 12.0. The number of aromatic nitrogens is 1. The molecule has 1 saturated heterocycles. The molecule has 1 aromatic rings. The molecule has 100 valence electrons. The average molecular weight is 351 g/mol. The van der Waals surface area contributed by atoms with Gasteiger partial charge in [-0.25, -0.2) is 13.1 Å². The van der Waals surface area contributed by atoms with Gasteiger partial charge in [0, 0.05) is 28.7 Å². The lowest BCUT2D eigenvalue weighted by atomic mass is 10.2. The van der Waals surface area contributed by atoms with Gasteiger partial charge in [0.1, 0.15) is 4.90 Å². The highest BCUT2D eigenvalue weighted by Crippen LogP contribution is 2.24. The Hall–Kier alpha value is -0.110. The first kappa shape index (κ1) is 14.3. The molecule has 0 radical (unpaired) electrons. The van der Waals surface area contributed by atoms with Crippen molar-refractivity contribution in [2.75, 3.05) is 12.3 Å². The highest BCUT2D eigenvalue weighted by atomic mass is 79.9. The van der Waals surface area contributed by atoms with E-state index in [0.29, 0.717) is 16.3 Å². The molecule has 1 N–H and O–H groups in total. The first-order chi connectivity index (χ1) is 8.58. The Morgan fingerprint density at radius 3 is 2.94 bits per heavy atom. The molecule has 1 aliphatic heterocycles. The third-order valence-corrected chi connectivity index (χ3v) is 5.99. The summed E-state index contributed by atoms with van der Waals surface area (Å²) < 4.78 is 27.4. The number of sulfonamides is 1. The summed E-state index contributed by atoms with van der Waals surface area (Å²) in [4.78, 5) is 4.08. The molecule has 0 bridgehead atoms. The van der Waals surface area contributed by atoms with Crippen LogP contribution in [0.3, 0.4) is 0 Å². The van der Waals surface area contributed by atoms with Crippen LogP contribution in [0, 0.1) is 0 Å². The molecule has 0 aromatic carbocycles. The smallest absolute Gasteiger partial charge is 0.242 e. The predicted molar refractivity (Wildman–Crippen MR) is 77.2 cm³/mol. The summed E-state index contributed by atoms with van der Waals surface area (Å²) in [7, 11) is -3.44.